The molecule has 1 aromatic carbocycles. The fraction of sp³-hybridized carbons (Fsp3) is 0.176. The monoisotopic (exact) mass is 405 g/mol. The average Bonchev–Trinajstić information content (AvgIpc) is 2.60. The highest BCUT2D eigenvalue weighted by molar-refractivity contribution is 7.92. The number of nitrogens with two attached hydrogens (primary N) is 1. The number of primary amides is 1. The van der Waals surface area contributed by atoms with Crippen LogP contribution in [0.1, 0.15) is 11.4 Å². The van der Waals surface area contributed by atoms with E-state index >= 15 is 0 Å². The molecule has 4 N–H and O–H groups in total. The van der Waals surface area contributed by atoms with Crippen LogP contribution in [-0.2, 0) is 24.3 Å². The number of ether oxygens (including phenoxy) is 1. The third-order valence-corrected chi connectivity index (χ3v) is 4.72. The number of carbonyl (C=O) groups is 2. The summed E-state index contributed by atoms with van der Waals surface area (Å²) < 4.78 is 31.7. The molecule has 148 valence electrons. The molecule has 0 fully saturated rings. The third-order valence-electron chi connectivity index (χ3n) is 3.38. The number of esters is 1. The first-order valence-electron chi connectivity index (χ1n) is 7.92. The second kappa shape index (κ2) is 8.48. The molecule has 0 radical (unpaired) electrons. The van der Waals surface area contributed by atoms with Crippen molar-refractivity contribution in [1.82, 2.24) is 9.97 Å². The van der Waals surface area contributed by atoms with Gasteiger partial charge < -0.3 is 15.8 Å². The number of nitrogens with one attached hydrogen (secondary N) is 2. The Morgan fingerprint density at radius 2 is 1.68 bits per heavy atom. The molecule has 10 nitrogen and oxygen atoms in total. The Balaban J connectivity index is 2.21. The van der Waals surface area contributed by atoms with Crippen LogP contribution in [0.5, 0.6) is 0 Å². The second-order valence-corrected chi connectivity index (χ2v) is 7.36. The lowest BCUT2D eigenvalue weighted by Gasteiger charge is -2.10. The quantitative estimate of drug-likeness (QED) is 0.452. The van der Waals surface area contributed by atoms with E-state index in [4.69, 9.17) is 5.73 Å². The molecular weight excluding hydrogens is 386 g/mol. The molecular formula is C17H19N5O5S. The Hall–Kier alpha value is -3.47. The number of aromatic nitrogens is 2. The van der Waals surface area contributed by atoms with E-state index < -0.39 is 21.9 Å². The largest absolute Gasteiger partial charge is 0.466 e. The highest BCUT2D eigenvalue weighted by atomic mass is 32.2. The second-order valence-electron chi connectivity index (χ2n) is 5.67. The Morgan fingerprint density at radius 3 is 2.18 bits per heavy atom. The van der Waals surface area contributed by atoms with Crippen molar-refractivity contribution in [2.75, 3.05) is 17.1 Å². The third kappa shape index (κ3) is 5.51. The van der Waals surface area contributed by atoms with Crippen molar-refractivity contribution in [3.05, 3.63) is 53.5 Å². The molecule has 0 bridgehead atoms. The van der Waals surface area contributed by atoms with Gasteiger partial charge in [0.15, 0.2) is 0 Å². The van der Waals surface area contributed by atoms with Crippen molar-refractivity contribution in [2.24, 2.45) is 5.73 Å². The van der Waals surface area contributed by atoms with Gasteiger partial charge in [-0.2, -0.15) is 0 Å². The summed E-state index contributed by atoms with van der Waals surface area (Å²) in [5.74, 6) is -1.68. The molecule has 28 heavy (non-hydrogen) atoms. The normalized spacial score (nSPS) is 11.6. The smallest absolute Gasteiger partial charge is 0.332 e. The topological polar surface area (TPSA) is 153 Å². The van der Waals surface area contributed by atoms with Crippen LogP contribution in [0, 0.1) is 13.8 Å². The van der Waals surface area contributed by atoms with Crippen LogP contribution in [0.4, 0.5) is 11.6 Å². The maximum Gasteiger partial charge on any atom is 0.332 e. The van der Waals surface area contributed by atoms with Crippen molar-refractivity contribution in [3.8, 4) is 0 Å². The minimum Gasteiger partial charge on any atom is -0.466 e. The predicted molar refractivity (Wildman–Crippen MR) is 102 cm³/mol. The first-order chi connectivity index (χ1) is 13.1. The number of amides is 1. The summed E-state index contributed by atoms with van der Waals surface area (Å²) in [6, 6.07) is 7.15. The van der Waals surface area contributed by atoms with Crippen molar-refractivity contribution < 1.29 is 22.7 Å². The summed E-state index contributed by atoms with van der Waals surface area (Å²) in [5.41, 5.74) is 6.59. The predicted octanol–water partition coefficient (Wildman–Crippen LogP) is 0.848. The summed E-state index contributed by atoms with van der Waals surface area (Å²) in [6.07, 6.45) is 0.895. The summed E-state index contributed by atoms with van der Waals surface area (Å²) in [4.78, 5) is 30.7. The Bertz CT molecular complexity index is 1010. The van der Waals surface area contributed by atoms with Crippen molar-refractivity contribution in [3.63, 3.8) is 0 Å². The van der Waals surface area contributed by atoms with E-state index in [1.165, 1.54) is 24.3 Å². The van der Waals surface area contributed by atoms with Crippen LogP contribution in [0.3, 0.4) is 0 Å². The number of rotatable bonds is 7. The summed E-state index contributed by atoms with van der Waals surface area (Å²) in [5, 5.41) is 2.63. The summed E-state index contributed by atoms with van der Waals surface area (Å²) >= 11 is 0. The van der Waals surface area contributed by atoms with E-state index in [9.17, 15) is 18.0 Å². The number of carbonyl (C=O) groups excluding carboxylic acids is 2. The van der Waals surface area contributed by atoms with Gasteiger partial charge in [0, 0.05) is 17.1 Å². The molecule has 0 aliphatic heterocycles. The average molecular weight is 405 g/mol. The minimum absolute atomic E-state index is 0.0308. The van der Waals surface area contributed by atoms with Gasteiger partial charge in [-0.25, -0.2) is 27.9 Å². The van der Waals surface area contributed by atoms with Gasteiger partial charge in [0.1, 0.15) is 5.70 Å². The van der Waals surface area contributed by atoms with Gasteiger partial charge in [-0.05, 0) is 44.2 Å². The highest BCUT2D eigenvalue weighted by Gasteiger charge is 2.16. The Labute approximate surface area is 161 Å². The van der Waals surface area contributed by atoms with E-state index in [1.54, 1.807) is 19.9 Å². The van der Waals surface area contributed by atoms with Gasteiger partial charge in [-0.15, -0.1) is 0 Å². The van der Waals surface area contributed by atoms with Gasteiger partial charge in [-0.3, -0.25) is 4.79 Å². The Morgan fingerprint density at radius 1 is 1.11 bits per heavy atom. The van der Waals surface area contributed by atoms with Crippen molar-refractivity contribution in [1.29, 1.82) is 0 Å². The fourth-order valence-electron chi connectivity index (χ4n) is 2.17. The van der Waals surface area contributed by atoms with E-state index in [0.717, 1.165) is 13.2 Å². The van der Waals surface area contributed by atoms with E-state index in [0.29, 0.717) is 17.1 Å². The van der Waals surface area contributed by atoms with Crippen molar-refractivity contribution >= 4 is 33.5 Å². The molecule has 11 heteroatoms. The lowest BCUT2D eigenvalue weighted by atomic mass is 10.3. The first-order valence-corrected chi connectivity index (χ1v) is 9.40. The molecule has 0 aliphatic rings. The molecule has 0 saturated carbocycles. The molecule has 0 atom stereocenters. The van der Waals surface area contributed by atoms with Crippen LogP contribution >= 0.6 is 0 Å². The molecule has 0 saturated heterocycles. The molecule has 0 spiro atoms. The number of nitrogens with zero attached hydrogens (tertiary/aromatic N) is 2. The SMILES string of the molecule is COC(=O)/C=C(\Nc1ccc(S(=O)(=O)Nc2nc(C)cc(C)n2)cc1)C(N)=O. The lowest BCUT2D eigenvalue weighted by molar-refractivity contribution is -0.135. The summed E-state index contributed by atoms with van der Waals surface area (Å²) in [6.45, 7) is 3.45. The van der Waals surface area contributed by atoms with Crippen LogP contribution in [0.25, 0.3) is 0 Å². The number of methoxy groups -OCH3 is 1. The maximum absolute atomic E-state index is 12.5. The molecule has 2 rings (SSSR count). The summed E-state index contributed by atoms with van der Waals surface area (Å²) in [7, 11) is -2.76. The van der Waals surface area contributed by atoms with E-state index in [2.05, 4.69) is 24.7 Å². The lowest BCUT2D eigenvalue weighted by Crippen LogP contribution is -2.21. The minimum atomic E-state index is -3.91. The van der Waals surface area contributed by atoms with Gasteiger partial charge in [0.05, 0.1) is 18.1 Å². The van der Waals surface area contributed by atoms with E-state index in [-0.39, 0.29) is 16.5 Å². The highest BCUT2D eigenvalue weighted by Crippen LogP contribution is 2.18. The zero-order valence-electron chi connectivity index (χ0n) is 15.4. The molecule has 1 aromatic heterocycles. The zero-order chi connectivity index (χ0) is 20.9. The molecule has 1 amide bonds. The van der Waals surface area contributed by atoms with Crippen molar-refractivity contribution in [2.45, 2.75) is 18.7 Å². The van der Waals surface area contributed by atoms with Gasteiger partial charge in [0.25, 0.3) is 15.9 Å². The first kappa shape index (κ1) is 20.8. The van der Waals surface area contributed by atoms with E-state index in [1.807, 2.05) is 0 Å². The van der Waals surface area contributed by atoms with Crippen LogP contribution in [0.2, 0.25) is 0 Å². The number of sulfonamides is 1. The number of anilines is 2. The number of benzene rings is 1. The van der Waals surface area contributed by atoms with Gasteiger partial charge in [-0.1, -0.05) is 0 Å². The zero-order valence-corrected chi connectivity index (χ0v) is 16.2. The standard InChI is InChI=1S/C17H19N5O5S/c1-10-8-11(2)20-17(19-10)22-28(25,26)13-6-4-12(5-7-13)21-14(16(18)24)9-15(23)27-3/h4-9,21H,1-3H3,(H2,18,24)(H,19,20,22)/b14-9-. The van der Waals surface area contributed by atoms with Gasteiger partial charge >= 0.3 is 5.97 Å². The Kier molecular flexibility index (Phi) is 6.31. The number of aryl methyl sites for hydroxylation is 2. The molecule has 1 heterocycles. The molecule has 0 unspecified atom stereocenters. The molecule has 2 aromatic rings. The fourth-order valence-corrected chi connectivity index (χ4v) is 3.11. The number of hydrogen-bond acceptors (Lipinski definition) is 8. The maximum atomic E-state index is 12.5. The van der Waals surface area contributed by atoms with Crippen LogP contribution in [0.15, 0.2) is 47.0 Å². The van der Waals surface area contributed by atoms with Gasteiger partial charge in [0.2, 0.25) is 5.95 Å². The van der Waals surface area contributed by atoms with Crippen LogP contribution in [-0.4, -0.2) is 37.4 Å². The number of hydrogen-bond donors (Lipinski definition) is 3. The van der Waals surface area contributed by atoms with Crippen LogP contribution < -0.4 is 15.8 Å². The molecule has 0 aliphatic carbocycles.